The predicted octanol–water partition coefficient (Wildman–Crippen LogP) is 3.79. The van der Waals surface area contributed by atoms with Crippen LogP contribution in [0.25, 0.3) is 0 Å². The highest BCUT2D eigenvalue weighted by Crippen LogP contribution is 2.34. The van der Waals surface area contributed by atoms with Gasteiger partial charge in [0.25, 0.3) is 5.69 Å². The molecule has 2 N–H and O–H groups in total. The highest BCUT2D eigenvalue weighted by atomic mass is 16.6. The molecule has 0 amide bonds. The van der Waals surface area contributed by atoms with E-state index in [4.69, 9.17) is 9.47 Å². The van der Waals surface area contributed by atoms with Gasteiger partial charge in [-0.15, -0.1) is 0 Å². The number of benzene rings is 2. The fraction of sp³-hybridized carbons (Fsp3) is 0.409. The zero-order chi connectivity index (χ0) is 21.3. The lowest BCUT2D eigenvalue weighted by Gasteiger charge is -2.20. The Hall–Kier alpha value is -3.29. The summed E-state index contributed by atoms with van der Waals surface area (Å²) in [5, 5.41) is 17.6. The first-order valence-electron chi connectivity index (χ1n) is 10.1. The minimum absolute atomic E-state index is 0.0838. The van der Waals surface area contributed by atoms with Gasteiger partial charge in [-0.1, -0.05) is 30.3 Å². The number of ether oxygens (including phenoxy) is 2. The van der Waals surface area contributed by atoms with Gasteiger partial charge in [-0.05, 0) is 31.7 Å². The van der Waals surface area contributed by atoms with Crippen molar-refractivity contribution in [3.63, 3.8) is 0 Å². The number of guanidine groups is 1. The number of rotatable bonds is 8. The van der Waals surface area contributed by atoms with Gasteiger partial charge in [-0.3, -0.25) is 15.1 Å². The number of nitro benzene ring substituents is 1. The molecule has 1 saturated carbocycles. The highest BCUT2D eigenvalue weighted by molar-refractivity contribution is 5.79. The third kappa shape index (κ3) is 5.40. The van der Waals surface area contributed by atoms with Crippen LogP contribution < -0.4 is 20.1 Å². The molecule has 1 fully saturated rings. The van der Waals surface area contributed by atoms with Crippen LogP contribution in [0.2, 0.25) is 0 Å². The highest BCUT2D eigenvalue weighted by Gasteiger charge is 2.20. The van der Waals surface area contributed by atoms with Crippen LogP contribution in [-0.4, -0.2) is 31.1 Å². The van der Waals surface area contributed by atoms with Crippen molar-refractivity contribution >= 4 is 11.6 Å². The van der Waals surface area contributed by atoms with Crippen molar-refractivity contribution in [2.24, 2.45) is 4.99 Å². The van der Waals surface area contributed by atoms with E-state index in [9.17, 15) is 10.1 Å². The molecule has 0 saturated heterocycles. The summed E-state index contributed by atoms with van der Waals surface area (Å²) in [6.45, 7) is 0.774. The normalized spacial score (nSPS) is 14.4. The summed E-state index contributed by atoms with van der Waals surface area (Å²) in [7, 11) is 3.30. The first-order chi connectivity index (χ1) is 14.6. The van der Waals surface area contributed by atoms with Gasteiger partial charge < -0.3 is 20.1 Å². The molecule has 0 heterocycles. The van der Waals surface area contributed by atoms with E-state index < -0.39 is 0 Å². The zero-order valence-electron chi connectivity index (χ0n) is 17.4. The summed E-state index contributed by atoms with van der Waals surface area (Å²) >= 11 is 0. The number of hydrogen-bond donors (Lipinski definition) is 2. The molecule has 8 nitrogen and oxygen atoms in total. The van der Waals surface area contributed by atoms with Crippen molar-refractivity contribution in [3.8, 4) is 11.5 Å². The van der Waals surface area contributed by atoms with E-state index >= 15 is 0 Å². The van der Waals surface area contributed by atoms with E-state index in [1.54, 1.807) is 32.4 Å². The van der Waals surface area contributed by atoms with E-state index in [1.807, 2.05) is 18.2 Å². The van der Waals surface area contributed by atoms with Crippen molar-refractivity contribution in [2.45, 2.75) is 44.9 Å². The number of hydrogen-bond acceptors (Lipinski definition) is 5. The quantitative estimate of drug-likeness (QED) is 0.296. The molecule has 0 aliphatic heterocycles. The topological polar surface area (TPSA) is 98.0 Å². The smallest absolute Gasteiger partial charge is 0.274 e. The van der Waals surface area contributed by atoms with Crippen LogP contribution in [-0.2, 0) is 13.1 Å². The largest absolute Gasteiger partial charge is 0.493 e. The molecule has 2 aromatic carbocycles. The summed E-state index contributed by atoms with van der Waals surface area (Å²) in [6, 6.07) is 12.5. The monoisotopic (exact) mass is 412 g/mol. The lowest BCUT2D eigenvalue weighted by molar-refractivity contribution is -0.385. The Morgan fingerprint density at radius 2 is 1.77 bits per heavy atom. The second kappa shape index (κ2) is 10.5. The minimum Gasteiger partial charge on any atom is -0.493 e. The first kappa shape index (κ1) is 21.4. The molecule has 1 aliphatic carbocycles. The Bertz CT molecular complexity index is 894. The molecule has 160 valence electrons. The van der Waals surface area contributed by atoms with Crippen LogP contribution in [0, 0.1) is 10.1 Å². The number of nitrogens with zero attached hydrogens (tertiary/aromatic N) is 2. The second-order valence-corrected chi connectivity index (χ2v) is 7.14. The van der Waals surface area contributed by atoms with Crippen molar-refractivity contribution in [3.05, 3.63) is 63.7 Å². The van der Waals surface area contributed by atoms with E-state index in [2.05, 4.69) is 15.6 Å². The third-order valence-electron chi connectivity index (χ3n) is 5.17. The van der Waals surface area contributed by atoms with Gasteiger partial charge in [-0.2, -0.15) is 0 Å². The fourth-order valence-electron chi connectivity index (χ4n) is 3.58. The van der Waals surface area contributed by atoms with Crippen LogP contribution in [0.5, 0.6) is 11.5 Å². The van der Waals surface area contributed by atoms with Crippen molar-refractivity contribution in [2.75, 3.05) is 14.2 Å². The van der Waals surface area contributed by atoms with E-state index in [0.29, 0.717) is 30.4 Å². The third-order valence-corrected chi connectivity index (χ3v) is 5.17. The lowest BCUT2D eigenvalue weighted by Crippen LogP contribution is -2.36. The van der Waals surface area contributed by atoms with Crippen LogP contribution in [0.3, 0.4) is 0 Å². The van der Waals surface area contributed by atoms with Gasteiger partial charge in [0, 0.05) is 37.3 Å². The molecule has 1 aliphatic rings. The zero-order valence-corrected chi connectivity index (χ0v) is 17.4. The Morgan fingerprint density at radius 1 is 1.10 bits per heavy atom. The number of methoxy groups -OCH3 is 1. The van der Waals surface area contributed by atoms with Crippen LogP contribution in [0.1, 0.15) is 36.8 Å². The second-order valence-electron chi connectivity index (χ2n) is 7.14. The molecule has 8 heteroatoms. The minimum atomic E-state index is -0.379. The summed E-state index contributed by atoms with van der Waals surface area (Å²) in [5.74, 6) is 2.01. The van der Waals surface area contributed by atoms with Gasteiger partial charge in [0.2, 0.25) is 0 Å². The van der Waals surface area contributed by atoms with Gasteiger partial charge in [-0.25, -0.2) is 0 Å². The molecule has 0 radical (unpaired) electrons. The molecule has 30 heavy (non-hydrogen) atoms. The molecule has 0 atom stereocenters. The average Bonchev–Trinajstić information content (AvgIpc) is 3.28. The van der Waals surface area contributed by atoms with Crippen molar-refractivity contribution < 1.29 is 14.4 Å². The summed E-state index contributed by atoms with van der Waals surface area (Å²) in [4.78, 5) is 15.0. The SMILES string of the molecule is CN=C(NCc1ccccc1[N+](=O)[O-])NCc1cccc(OC)c1OC1CCCC1. The Morgan fingerprint density at radius 3 is 2.43 bits per heavy atom. The maximum Gasteiger partial charge on any atom is 0.274 e. The maximum absolute atomic E-state index is 11.2. The van der Waals surface area contributed by atoms with Gasteiger partial charge >= 0.3 is 0 Å². The predicted molar refractivity (Wildman–Crippen MR) is 116 cm³/mol. The Kier molecular flexibility index (Phi) is 7.48. The van der Waals surface area contributed by atoms with E-state index in [0.717, 1.165) is 24.2 Å². The van der Waals surface area contributed by atoms with Crippen LogP contribution >= 0.6 is 0 Å². The lowest BCUT2D eigenvalue weighted by atomic mass is 10.1. The molecule has 2 aromatic rings. The number of nitro groups is 1. The van der Waals surface area contributed by atoms with E-state index in [-0.39, 0.29) is 16.7 Å². The van der Waals surface area contributed by atoms with Crippen molar-refractivity contribution in [1.82, 2.24) is 10.6 Å². The first-order valence-corrected chi connectivity index (χ1v) is 10.1. The Balaban J connectivity index is 1.66. The Labute approximate surface area is 176 Å². The van der Waals surface area contributed by atoms with Crippen LogP contribution in [0.15, 0.2) is 47.5 Å². The summed E-state index contributed by atoms with van der Waals surface area (Å²) in [6.07, 6.45) is 4.72. The molecule has 0 unspecified atom stereocenters. The standard InChI is InChI=1S/C22H28N4O4/c1-23-22(24-14-16-8-3-6-12-19(16)26(27)28)25-15-17-9-7-13-20(29-2)21(17)30-18-10-4-5-11-18/h3,6-9,12-13,18H,4-5,10-11,14-15H2,1-2H3,(H2,23,24,25). The van der Waals surface area contributed by atoms with Crippen LogP contribution in [0.4, 0.5) is 5.69 Å². The van der Waals surface area contributed by atoms with Gasteiger partial charge in [0.1, 0.15) is 0 Å². The molecule has 3 rings (SSSR count). The fourth-order valence-corrected chi connectivity index (χ4v) is 3.58. The summed E-state index contributed by atoms with van der Waals surface area (Å²) in [5.41, 5.74) is 1.65. The summed E-state index contributed by atoms with van der Waals surface area (Å²) < 4.78 is 11.8. The van der Waals surface area contributed by atoms with E-state index in [1.165, 1.54) is 18.9 Å². The number of nitrogens with one attached hydrogen (secondary N) is 2. The van der Waals surface area contributed by atoms with Gasteiger partial charge in [0.05, 0.1) is 18.1 Å². The average molecular weight is 412 g/mol. The maximum atomic E-state index is 11.2. The van der Waals surface area contributed by atoms with Crippen molar-refractivity contribution in [1.29, 1.82) is 0 Å². The molecular weight excluding hydrogens is 384 g/mol. The number of aliphatic imine (C=N–C) groups is 1. The molecular formula is C22H28N4O4. The molecule has 0 spiro atoms. The van der Waals surface area contributed by atoms with Gasteiger partial charge in [0.15, 0.2) is 17.5 Å². The molecule has 0 bridgehead atoms. The molecule has 0 aromatic heterocycles. The number of para-hydroxylation sites is 2.